The first kappa shape index (κ1) is 7.60. The Balaban J connectivity index is 2.48. The Kier molecular flexibility index (Phi) is 1.63. The molecule has 0 saturated heterocycles. The van der Waals surface area contributed by atoms with E-state index in [2.05, 4.69) is 4.98 Å². The van der Waals surface area contributed by atoms with Crippen molar-refractivity contribution in [1.29, 1.82) is 0 Å². The van der Waals surface area contributed by atoms with Gasteiger partial charge in [0.1, 0.15) is 11.9 Å². The zero-order valence-electron chi connectivity index (χ0n) is 6.54. The van der Waals surface area contributed by atoms with Crippen molar-refractivity contribution in [3.8, 4) is 5.75 Å². The molecule has 0 atom stereocenters. The fourth-order valence-electron chi connectivity index (χ4n) is 1.07. The SMILES string of the molecule is O=C(O)N1C=COc2ccncc21. The van der Waals surface area contributed by atoms with Gasteiger partial charge in [0.05, 0.1) is 12.4 Å². The average molecular weight is 178 g/mol. The fraction of sp³-hybridized carbons (Fsp3) is 0. The maximum atomic E-state index is 10.7. The molecule has 0 saturated carbocycles. The van der Waals surface area contributed by atoms with Crippen LogP contribution in [-0.2, 0) is 0 Å². The predicted octanol–water partition coefficient (Wildman–Crippen LogP) is 1.43. The zero-order chi connectivity index (χ0) is 9.26. The summed E-state index contributed by atoms with van der Waals surface area (Å²) in [5.41, 5.74) is 0.428. The van der Waals surface area contributed by atoms with E-state index in [1.165, 1.54) is 24.9 Å². The third kappa shape index (κ3) is 1.20. The number of pyridine rings is 1. The molecule has 1 aliphatic rings. The van der Waals surface area contributed by atoms with Crippen molar-refractivity contribution >= 4 is 11.8 Å². The summed E-state index contributed by atoms with van der Waals surface area (Å²) in [5.74, 6) is 0.486. The van der Waals surface area contributed by atoms with Gasteiger partial charge in [-0.25, -0.2) is 9.69 Å². The average Bonchev–Trinajstić information content (AvgIpc) is 2.17. The number of hydrogen-bond acceptors (Lipinski definition) is 3. The highest BCUT2D eigenvalue weighted by molar-refractivity contribution is 5.90. The Bertz CT molecular complexity index is 375. The molecule has 0 fully saturated rings. The number of anilines is 1. The van der Waals surface area contributed by atoms with Crippen molar-refractivity contribution in [2.24, 2.45) is 0 Å². The monoisotopic (exact) mass is 178 g/mol. The Labute approximate surface area is 73.9 Å². The highest BCUT2D eigenvalue weighted by Gasteiger charge is 2.19. The second-order valence-corrected chi connectivity index (χ2v) is 2.40. The molecular formula is C8H6N2O3. The summed E-state index contributed by atoms with van der Waals surface area (Å²) >= 11 is 0. The molecule has 1 amide bonds. The molecule has 2 rings (SSSR count). The minimum atomic E-state index is -1.06. The Morgan fingerprint density at radius 1 is 1.62 bits per heavy atom. The van der Waals surface area contributed by atoms with Crippen LogP contribution >= 0.6 is 0 Å². The van der Waals surface area contributed by atoms with Crippen LogP contribution in [-0.4, -0.2) is 16.2 Å². The number of aromatic nitrogens is 1. The highest BCUT2D eigenvalue weighted by Crippen LogP contribution is 2.30. The first-order valence-corrected chi connectivity index (χ1v) is 3.58. The van der Waals surface area contributed by atoms with Crippen LogP contribution < -0.4 is 9.64 Å². The number of rotatable bonds is 0. The van der Waals surface area contributed by atoms with Gasteiger partial charge >= 0.3 is 6.09 Å². The summed E-state index contributed by atoms with van der Waals surface area (Å²) in [6, 6.07) is 1.61. The Morgan fingerprint density at radius 2 is 2.46 bits per heavy atom. The van der Waals surface area contributed by atoms with Gasteiger partial charge in [-0.2, -0.15) is 0 Å². The predicted molar refractivity (Wildman–Crippen MR) is 44.5 cm³/mol. The normalized spacial score (nSPS) is 13.4. The van der Waals surface area contributed by atoms with Gasteiger partial charge in [-0.05, 0) is 0 Å². The van der Waals surface area contributed by atoms with Crippen LogP contribution in [0, 0.1) is 0 Å². The van der Waals surface area contributed by atoms with E-state index in [-0.39, 0.29) is 0 Å². The summed E-state index contributed by atoms with van der Waals surface area (Å²) < 4.78 is 5.08. The van der Waals surface area contributed by atoms with Gasteiger partial charge in [0, 0.05) is 12.3 Å². The number of amides is 1. The van der Waals surface area contributed by atoms with Crippen LogP contribution in [0.4, 0.5) is 10.5 Å². The van der Waals surface area contributed by atoms with Crippen LogP contribution in [0.15, 0.2) is 30.9 Å². The number of nitrogens with zero attached hydrogens (tertiary/aromatic N) is 2. The quantitative estimate of drug-likeness (QED) is 0.652. The molecule has 66 valence electrons. The van der Waals surface area contributed by atoms with Crippen molar-refractivity contribution in [3.05, 3.63) is 30.9 Å². The second kappa shape index (κ2) is 2.78. The number of carboxylic acid groups (broad SMARTS) is 1. The number of hydrogen-bond donors (Lipinski definition) is 1. The van der Waals surface area contributed by atoms with Gasteiger partial charge in [-0.1, -0.05) is 0 Å². The molecular weight excluding hydrogens is 172 g/mol. The third-order valence-corrected chi connectivity index (χ3v) is 1.63. The summed E-state index contributed by atoms with van der Waals surface area (Å²) in [6.45, 7) is 0. The first-order chi connectivity index (χ1) is 6.29. The van der Waals surface area contributed by atoms with E-state index in [0.717, 1.165) is 4.90 Å². The van der Waals surface area contributed by atoms with E-state index in [9.17, 15) is 4.79 Å². The lowest BCUT2D eigenvalue weighted by atomic mass is 10.3. The molecule has 0 aliphatic carbocycles. The summed E-state index contributed by atoms with van der Waals surface area (Å²) in [4.78, 5) is 15.6. The van der Waals surface area contributed by atoms with Crippen molar-refractivity contribution in [2.45, 2.75) is 0 Å². The van der Waals surface area contributed by atoms with E-state index in [1.807, 2.05) is 0 Å². The number of ether oxygens (including phenoxy) is 1. The van der Waals surface area contributed by atoms with E-state index >= 15 is 0 Å². The molecule has 0 radical (unpaired) electrons. The molecule has 2 heterocycles. The van der Waals surface area contributed by atoms with E-state index in [0.29, 0.717) is 11.4 Å². The minimum Gasteiger partial charge on any atom is -0.464 e. The lowest BCUT2D eigenvalue weighted by Gasteiger charge is -2.20. The van der Waals surface area contributed by atoms with Crippen molar-refractivity contribution in [3.63, 3.8) is 0 Å². The maximum absolute atomic E-state index is 10.7. The Morgan fingerprint density at radius 3 is 3.23 bits per heavy atom. The van der Waals surface area contributed by atoms with Gasteiger partial charge in [0.2, 0.25) is 0 Å². The first-order valence-electron chi connectivity index (χ1n) is 3.58. The van der Waals surface area contributed by atoms with Crippen LogP contribution in [0.1, 0.15) is 0 Å². The Hall–Kier alpha value is -2.04. The molecule has 0 spiro atoms. The van der Waals surface area contributed by atoms with Crippen molar-refractivity contribution < 1.29 is 14.6 Å². The molecule has 0 bridgehead atoms. The molecule has 1 aromatic rings. The maximum Gasteiger partial charge on any atom is 0.416 e. The summed E-state index contributed by atoms with van der Waals surface area (Å²) in [5, 5.41) is 8.78. The fourth-order valence-corrected chi connectivity index (χ4v) is 1.07. The molecule has 13 heavy (non-hydrogen) atoms. The minimum absolute atomic E-state index is 0.428. The lowest BCUT2D eigenvalue weighted by Crippen LogP contribution is -2.25. The smallest absolute Gasteiger partial charge is 0.416 e. The van der Waals surface area contributed by atoms with Crippen LogP contribution in [0.2, 0.25) is 0 Å². The molecule has 0 aromatic carbocycles. The van der Waals surface area contributed by atoms with Crippen LogP contribution in [0.3, 0.4) is 0 Å². The highest BCUT2D eigenvalue weighted by atomic mass is 16.5. The summed E-state index contributed by atoms with van der Waals surface area (Å²) in [6.07, 6.45) is 4.56. The van der Waals surface area contributed by atoms with Gasteiger partial charge in [0.25, 0.3) is 0 Å². The molecule has 1 N–H and O–H groups in total. The lowest BCUT2D eigenvalue weighted by molar-refractivity contribution is 0.203. The van der Waals surface area contributed by atoms with Gasteiger partial charge in [-0.15, -0.1) is 0 Å². The molecule has 1 aliphatic heterocycles. The van der Waals surface area contributed by atoms with Crippen LogP contribution in [0.25, 0.3) is 0 Å². The molecule has 5 heteroatoms. The second-order valence-electron chi connectivity index (χ2n) is 2.40. The zero-order valence-corrected chi connectivity index (χ0v) is 6.54. The van der Waals surface area contributed by atoms with Gasteiger partial charge < -0.3 is 9.84 Å². The van der Waals surface area contributed by atoms with E-state index in [1.54, 1.807) is 6.07 Å². The molecule has 5 nitrogen and oxygen atoms in total. The van der Waals surface area contributed by atoms with Gasteiger partial charge in [-0.3, -0.25) is 4.98 Å². The van der Waals surface area contributed by atoms with E-state index < -0.39 is 6.09 Å². The largest absolute Gasteiger partial charge is 0.464 e. The topological polar surface area (TPSA) is 62.7 Å². The van der Waals surface area contributed by atoms with Gasteiger partial charge in [0.15, 0.2) is 5.75 Å². The number of fused-ring (bicyclic) bond motifs is 1. The van der Waals surface area contributed by atoms with E-state index in [4.69, 9.17) is 9.84 Å². The molecule has 0 unspecified atom stereocenters. The third-order valence-electron chi connectivity index (χ3n) is 1.63. The summed E-state index contributed by atoms with van der Waals surface area (Å²) in [7, 11) is 0. The number of carbonyl (C=O) groups is 1. The molecule has 1 aromatic heterocycles. The van der Waals surface area contributed by atoms with Crippen molar-refractivity contribution in [2.75, 3.05) is 4.90 Å². The van der Waals surface area contributed by atoms with Crippen LogP contribution in [0.5, 0.6) is 5.75 Å². The standard InChI is InChI=1S/C8H6N2O3/c11-8(12)10-3-4-13-7-1-2-9-5-6(7)10/h1-5H,(H,11,12). The van der Waals surface area contributed by atoms with Crippen molar-refractivity contribution in [1.82, 2.24) is 4.98 Å².